The molecule has 1 aromatic carbocycles. The van der Waals surface area contributed by atoms with E-state index in [9.17, 15) is 13.6 Å². The zero-order chi connectivity index (χ0) is 14.9. The minimum absolute atomic E-state index is 0.0223. The van der Waals surface area contributed by atoms with Gasteiger partial charge in [-0.05, 0) is 22.0 Å². The summed E-state index contributed by atoms with van der Waals surface area (Å²) in [7, 11) is 1.42. The van der Waals surface area contributed by atoms with E-state index in [-0.39, 0.29) is 21.6 Å². The lowest BCUT2D eigenvalue weighted by Gasteiger charge is -2.27. The highest BCUT2D eigenvalue weighted by Gasteiger charge is 2.20. The van der Waals surface area contributed by atoms with Crippen molar-refractivity contribution in [2.45, 2.75) is 6.92 Å². The first kappa shape index (κ1) is 14.5. The topological polar surface area (TPSA) is 41.6 Å². The number of Topliss-reactive ketones (excluding diaryl/α,β-unsaturated/α-hetero) is 1. The quantitative estimate of drug-likeness (QED) is 0.856. The van der Waals surface area contributed by atoms with Gasteiger partial charge in [-0.2, -0.15) is 0 Å². The number of nitrogens with one attached hydrogen (secondary N) is 1. The maximum absolute atomic E-state index is 13.9. The lowest BCUT2D eigenvalue weighted by Crippen LogP contribution is -2.38. The Balaban J connectivity index is 2.44. The number of methoxy groups -OCH3 is 1. The largest absolute Gasteiger partial charge is 0.495 e. The molecule has 0 bridgehead atoms. The molecule has 0 saturated heterocycles. The van der Waals surface area contributed by atoms with Crippen LogP contribution in [0, 0.1) is 11.6 Å². The third-order valence-electron chi connectivity index (χ3n) is 2.65. The summed E-state index contributed by atoms with van der Waals surface area (Å²) in [6.07, 6.45) is 2.89. The second-order valence-corrected chi connectivity index (χ2v) is 4.90. The molecule has 0 aromatic heterocycles. The van der Waals surface area contributed by atoms with Gasteiger partial charge >= 0.3 is 0 Å². The number of nitrogens with zero attached hydrogens (tertiary/aromatic N) is 1. The van der Waals surface area contributed by atoms with Crippen LogP contribution in [-0.2, 0) is 9.53 Å². The molecular formula is C13H11BrF2N2O2. The lowest BCUT2D eigenvalue weighted by molar-refractivity contribution is -0.114. The average molecular weight is 345 g/mol. The Morgan fingerprint density at radius 3 is 2.65 bits per heavy atom. The number of carbonyl (C=O) groups excluding carboxylic acids is 1. The van der Waals surface area contributed by atoms with E-state index in [2.05, 4.69) is 21.4 Å². The Hall–Kier alpha value is -1.89. The second-order valence-electron chi connectivity index (χ2n) is 4.05. The van der Waals surface area contributed by atoms with Gasteiger partial charge in [0, 0.05) is 19.1 Å². The Morgan fingerprint density at radius 2 is 2.05 bits per heavy atom. The van der Waals surface area contributed by atoms with Crippen LogP contribution in [0.5, 0.6) is 0 Å². The van der Waals surface area contributed by atoms with Crippen LogP contribution in [0.25, 0.3) is 0 Å². The number of ether oxygens (including phenoxy) is 1. The Kier molecular flexibility index (Phi) is 4.08. The van der Waals surface area contributed by atoms with Gasteiger partial charge in [-0.3, -0.25) is 15.2 Å². The number of ketones is 1. The molecule has 0 amide bonds. The molecule has 20 heavy (non-hydrogen) atoms. The molecule has 0 radical (unpaired) electrons. The third kappa shape index (κ3) is 2.82. The predicted octanol–water partition coefficient (Wildman–Crippen LogP) is 3.01. The smallest absolute Gasteiger partial charge is 0.177 e. The molecule has 0 atom stereocenters. The van der Waals surface area contributed by atoms with Gasteiger partial charge in [-0.1, -0.05) is 0 Å². The molecule has 106 valence electrons. The van der Waals surface area contributed by atoms with E-state index in [0.29, 0.717) is 5.76 Å². The average Bonchev–Trinajstić information content (AvgIpc) is 2.42. The molecule has 1 aromatic rings. The van der Waals surface area contributed by atoms with Crippen LogP contribution in [0.15, 0.2) is 40.3 Å². The standard InChI is InChI=1S/C13H11BrF2N2O2/c1-7(19)12-3-8(20-2)6-18(17-12)13-5-10(15)9(14)4-11(13)16/h3-6,17H,1-2H3. The van der Waals surface area contributed by atoms with Gasteiger partial charge in [0.2, 0.25) is 0 Å². The van der Waals surface area contributed by atoms with Crippen LogP contribution < -0.4 is 10.4 Å². The first-order chi connectivity index (χ1) is 9.42. The van der Waals surface area contributed by atoms with Crippen LogP contribution in [-0.4, -0.2) is 12.9 Å². The molecule has 1 heterocycles. The van der Waals surface area contributed by atoms with Gasteiger partial charge in [-0.25, -0.2) is 8.78 Å². The molecule has 1 aliphatic rings. The fourth-order valence-electron chi connectivity index (χ4n) is 1.62. The molecular weight excluding hydrogens is 334 g/mol. The van der Waals surface area contributed by atoms with Crippen LogP contribution >= 0.6 is 15.9 Å². The summed E-state index contributed by atoms with van der Waals surface area (Å²) in [6.45, 7) is 1.36. The molecule has 0 aliphatic carbocycles. The summed E-state index contributed by atoms with van der Waals surface area (Å²) in [5, 5.41) is 1.19. The zero-order valence-electron chi connectivity index (χ0n) is 10.7. The predicted molar refractivity (Wildman–Crippen MR) is 73.5 cm³/mol. The molecule has 0 fully saturated rings. The maximum atomic E-state index is 13.9. The number of carbonyl (C=O) groups is 1. The molecule has 4 nitrogen and oxygen atoms in total. The number of hydrogen-bond acceptors (Lipinski definition) is 4. The van der Waals surface area contributed by atoms with E-state index in [4.69, 9.17) is 4.74 Å². The van der Waals surface area contributed by atoms with Crippen LogP contribution in [0.4, 0.5) is 14.5 Å². The van der Waals surface area contributed by atoms with Gasteiger partial charge in [0.1, 0.15) is 28.8 Å². The molecule has 2 rings (SSSR count). The van der Waals surface area contributed by atoms with E-state index >= 15 is 0 Å². The summed E-state index contributed by atoms with van der Waals surface area (Å²) >= 11 is 2.91. The summed E-state index contributed by atoms with van der Waals surface area (Å²) in [5.74, 6) is -1.18. The molecule has 0 unspecified atom stereocenters. The van der Waals surface area contributed by atoms with E-state index in [1.54, 1.807) is 0 Å². The van der Waals surface area contributed by atoms with Gasteiger partial charge < -0.3 is 4.74 Å². The second kappa shape index (κ2) is 5.62. The fourth-order valence-corrected chi connectivity index (χ4v) is 1.93. The summed E-state index contributed by atoms with van der Waals surface area (Å²) in [5.41, 5.74) is 2.84. The highest BCUT2D eigenvalue weighted by atomic mass is 79.9. The van der Waals surface area contributed by atoms with E-state index < -0.39 is 11.6 Å². The van der Waals surface area contributed by atoms with Crippen LogP contribution in [0.3, 0.4) is 0 Å². The minimum Gasteiger partial charge on any atom is -0.495 e. The molecule has 7 heteroatoms. The van der Waals surface area contributed by atoms with Crippen molar-refractivity contribution in [2.24, 2.45) is 0 Å². The highest BCUT2D eigenvalue weighted by Crippen LogP contribution is 2.27. The van der Waals surface area contributed by atoms with Gasteiger partial charge in [0.15, 0.2) is 5.78 Å². The number of hydrogen-bond donors (Lipinski definition) is 1. The van der Waals surface area contributed by atoms with Crippen molar-refractivity contribution in [3.8, 4) is 0 Å². The fraction of sp³-hybridized carbons (Fsp3) is 0.154. The number of hydrazine groups is 1. The van der Waals surface area contributed by atoms with Crippen molar-refractivity contribution < 1.29 is 18.3 Å². The van der Waals surface area contributed by atoms with Crippen molar-refractivity contribution >= 4 is 27.4 Å². The Bertz CT molecular complexity index is 629. The first-order valence-electron chi connectivity index (χ1n) is 5.61. The van der Waals surface area contributed by atoms with E-state index in [1.165, 1.54) is 31.3 Å². The molecule has 0 saturated carbocycles. The number of benzene rings is 1. The van der Waals surface area contributed by atoms with Crippen molar-refractivity contribution in [1.82, 2.24) is 5.43 Å². The Labute approximate surface area is 122 Å². The lowest BCUT2D eigenvalue weighted by atomic mass is 10.2. The zero-order valence-corrected chi connectivity index (χ0v) is 12.3. The molecule has 1 N–H and O–H groups in total. The van der Waals surface area contributed by atoms with Crippen LogP contribution in [0.2, 0.25) is 0 Å². The van der Waals surface area contributed by atoms with Crippen molar-refractivity contribution in [2.75, 3.05) is 12.1 Å². The summed E-state index contributed by atoms with van der Waals surface area (Å²) in [4.78, 5) is 11.4. The number of anilines is 1. The third-order valence-corrected chi connectivity index (χ3v) is 3.26. The number of rotatable bonds is 3. The van der Waals surface area contributed by atoms with Gasteiger partial charge in [0.05, 0.1) is 17.8 Å². The van der Waals surface area contributed by atoms with Gasteiger partial charge in [-0.15, -0.1) is 0 Å². The van der Waals surface area contributed by atoms with E-state index in [1.807, 2.05) is 0 Å². The maximum Gasteiger partial charge on any atom is 0.177 e. The normalized spacial score (nSPS) is 14.3. The molecule has 1 aliphatic heterocycles. The van der Waals surface area contributed by atoms with Crippen LogP contribution in [0.1, 0.15) is 6.92 Å². The van der Waals surface area contributed by atoms with E-state index in [0.717, 1.165) is 12.1 Å². The Morgan fingerprint density at radius 1 is 1.35 bits per heavy atom. The minimum atomic E-state index is -0.651. The molecule has 0 spiro atoms. The first-order valence-corrected chi connectivity index (χ1v) is 6.40. The summed E-state index contributed by atoms with van der Waals surface area (Å²) < 4.78 is 32.5. The number of allylic oxidation sites excluding steroid dienone is 2. The highest BCUT2D eigenvalue weighted by molar-refractivity contribution is 9.10. The van der Waals surface area contributed by atoms with Crippen molar-refractivity contribution in [3.63, 3.8) is 0 Å². The number of halogens is 3. The van der Waals surface area contributed by atoms with Gasteiger partial charge in [0.25, 0.3) is 0 Å². The summed E-state index contributed by atoms with van der Waals surface area (Å²) in [6, 6.07) is 2.03. The van der Waals surface area contributed by atoms with Crippen molar-refractivity contribution in [3.05, 3.63) is 52.0 Å². The van der Waals surface area contributed by atoms with Crippen molar-refractivity contribution in [1.29, 1.82) is 0 Å². The SMILES string of the molecule is COC1=CN(c2cc(F)c(Br)cc2F)NC(C(C)=O)=C1. The monoisotopic (exact) mass is 344 g/mol.